The van der Waals surface area contributed by atoms with Crippen LogP contribution in [0.1, 0.15) is 16.8 Å². The highest BCUT2D eigenvalue weighted by Crippen LogP contribution is 2.22. The summed E-state index contributed by atoms with van der Waals surface area (Å²) in [5.41, 5.74) is 5.64. The molecule has 8 heteroatoms. The predicted octanol–water partition coefficient (Wildman–Crippen LogP) is 0.440. The lowest BCUT2D eigenvalue weighted by molar-refractivity contribution is -0.116. The summed E-state index contributed by atoms with van der Waals surface area (Å²) in [4.78, 5) is 27.9. The average molecular weight is 340 g/mol. The minimum atomic E-state index is -0.520. The molecule has 7 nitrogen and oxygen atoms in total. The van der Waals surface area contributed by atoms with Crippen molar-refractivity contribution in [3.63, 3.8) is 0 Å². The number of ether oxygens (including phenoxy) is 1. The van der Waals surface area contributed by atoms with Crippen LogP contribution in [0.2, 0.25) is 0 Å². The van der Waals surface area contributed by atoms with Gasteiger partial charge in [0.2, 0.25) is 5.91 Å². The first kappa shape index (κ1) is 17.9. The summed E-state index contributed by atoms with van der Waals surface area (Å²) in [6.45, 7) is 6.36. The first-order chi connectivity index (χ1) is 11.1. The number of methoxy groups -OCH3 is 1. The highest BCUT2D eigenvalue weighted by molar-refractivity contribution is 7.14. The molecule has 1 aliphatic rings. The molecule has 1 aromatic rings. The molecule has 0 aliphatic carbocycles. The van der Waals surface area contributed by atoms with E-state index in [1.165, 1.54) is 11.3 Å². The van der Waals surface area contributed by atoms with Crippen molar-refractivity contribution in [1.82, 2.24) is 9.80 Å². The molecular formula is C15H24N4O3S. The minimum Gasteiger partial charge on any atom is -0.383 e. The number of carbonyl (C=O) groups excluding carboxylic acids is 2. The fourth-order valence-electron chi connectivity index (χ4n) is 2.51. The van der Waals surface area contributed by atoms with Crippen molar-refractivity contribution < 1.29 is 14.3 Å². The quantitative estimate of drug-likeness (QED) is 0.717. The smallest absolute Gasteiger partial charge is 0.251 e. The van der Waals surface area contributed by atoms with Crippen molar-refractivity contribution in [2.75, 3.05) is 58.3 Å². The molecule has 0 saturated carbocycles. The molecule has 0 radical (unpaired) electrons. The second kappa shape index (κ2) is 8.97. The van der Waals surface area contributed by atoms with E-state index in [1.807, 2.05) is 0 Å². The van der Waals surface area contributed by atoms with Gasteiger partial charge in [0.15, 0.2) is 0 Å². The van der Waals surface area contributed by atoms with Crippen LogP contribution in [0.15, 0.2) is 11.4 Å². The number of nitrogens with one attached hydrogen (secondary N) is 1. The van der Waals surface area contributed by atoms with E-state index < -0.39 is 5.91 Å². The highest BCUT2D eigenvalue weighted by atomic mass is 32.1. The maximum atomic E-state index is 12.0. The monoisotopic (exact) mass is 340 g/mol. The maximum absolute atomic E-state index is 12.0. The van der Waals surface area contributed by atoms with E-state index in [0.29, 0.717) is 17.0 Å². The Balaban J connectivity index is 1.69. The summed E-state index contributed by atoms with van der Waals surface area (Å²) in [5.74, 6) is -0.606. The SMILES string of the molecule is COCCN1CCN(CCC(=O)Nc2sccc2C(N)=O)CC1. The zero-order valence-corrected chi connectivity index (χ0v) is 14.2. The Labute approximate surface area is 140 Å². The summed E-state index contributed by atoms with van der Waals surface area (Å²) in [5, 5.41) is 5.05. The molecule has 3 N–H and O–H groups in total. The summed E-state index contributed by atoms with van der Waals surface area (Å²) in [6.07, 6.45) is 0.411. The van der Waals surface area contributed by atoms with Crippen molar-refractivity contribution in [3.05, 3.63) is 17.0 Å². The van der Waals surface area contributed by atoms with Gasteiger partial charge in [-0.2, -0.15) is 0 Å². The molecular weight excluding hydrogens is 316 g/mol. The predicted molar refractivity (Wildman–Crippen MR) is 90.8 cm³/mol. The number of primary amides is 1. The van der Waals surface area contributed by atoms with Gasteiger partial charge in [0, 0.05) is 52.8 Å². The van der Waals surface area contributed by atoms with Crippen LogP contribution in [0, 0.1) is 0 Å². The molecule has 0 aromatic carbocycles. The fraction of sp³-hybridized carbons (Fsp3) is 0.600. The molecule has 1 aliphatic heterocycles. The minimum absolute atomic E-state index is 0.0863. The number of carbonyl (C=O) groups is 2. The highest BCUT2D eigenvalue weighted by Gasteiger charge is 2.18. The van der Waals surface area contributed by atoms with Crippen molar-refractivity contribution in [2.45, 2.75) is 6.42 Å². The summed E-state index contributed by atoms with van der Waals surface area (Å²) >= 11 is 1.31. The number of rotatable bonds is 8. The van der Waals surface area contributed by atoms with Crippen molar-refractivity contribution in [2.24, 2.45) is 5.73 Å². The van der Waals surface area contributed by atoms with Crippen LogP contribution >= 0.6 is 11.3 Å². The van der Waals surface area contributed by atoms with Crippen LogP contribution in [0.25, 0.3) is 0 Å². The molecule has 0 bridgehead atoms. The number of hydrogen-bond acceptors (Lipinski definition) is 6. The van der Waals surface area contributed by atoms with Crippen LogP contribution < -0.4 is 11.1 Å². The molecule has 1 fully saturated rings. The van der Waals surface area contributed by atoms with Crippen molar-refractivity contribution >= 4 is 28.2 Å². The van der Waals surface area contributed by atoms with Gasteiger partial charge < -0.3 is 20.7 Å². The number of amides is 2. The Morgan fingerprint density at radius 2 is 1.91 bits per heavy atom. The Kier molecular flexibility index (Phi) is 6.97. The molecule has 0 unspecified atom stereocenters. The van der Waals surface area contributed by atoms with E-state index in [0.717, 1.165) is 45.9 Å². The molecule has 0 spiro atoms. The molecule has 0 atom stereocenters. The average Bonchev–Trinajstić information content (AvgIpc) is 3.00. The number of anilines is 1. The van der Waals surface area contributed by atoms with Crippen molar-refractivity contribution in [1.29, 1.82) is 0 Å². The van der Waals surface area contributed by atoms with Gasteiger partial charge in [0.05, 0.1) is 12.2 Å². The van der Waals surface area contributed by atoms with Gasteiger partial charge in [-0.3, -0.25) is 14.5 Å². The summed E-state index contributed by atoms with van der Waals surface area (Å²) in [6, 6.07) is 1.63. The van der Waals surface area contributed by atoms with E-state index in [1.54, 1.807) is 18.6 Å². The topological polar surface area (TPSA) is 87.9 Å². The first-order valence-corrected chi connectivity index (χ1v) is 8.59. The maximum Gasteiger partial charge on any atom is 0.251 e. The Morgan fingerprint density at radius 3 is 2.52 bits per heavy atom. The number of thiophene rings is 1. The number of nitrogens with two attached hydrogens (primary N) is 1. The zero-order chi connectivity index (χ0) is 16.7. The molecule has 2 amide bonds. The normalized spacial score (nSPS) is 16.4. The van der Waals surface area contributed by atoms with Crippen molar-refractivity contribution in [3.8, 4) is 0 Å². The summed E-state index contributed by atoms with van der Waals surface area (Å²) in [7, 11) is 1.71. The molecule has 1 saturated heterocycles. The molecule has 1 aromatic heterocycles. The van der Waals surface area contributed by atoms with E-state index in [9.17, 15) is 9.59 Å². The Hall–Kier alpha value is -1.48. The molecule has 128 valence electrons. The number of hydrogen-bond donors (Lipinski definition) is 2. The lowest BCUT2D eigenvalue weighted by Crippen LogP contribution is -2.47. The number of piperazine rings is 1. The van der Waals surface area contributed by atoms with Gasteiger partial charge in [-0.25, -0.2) is 0 Å². The van der Waals surface area contributed by atoms with Crippen LogP contribution in [0.3, 0.4) is 0 Å². The lowest BCUT2D eigenvalue weighted by Gasteiger charge is -2.34. The van der Waals surface area contributed by atoms with E-state index >= 15 is 0 Å². The third-order valence-electron chi connectivity index (χ3n) is 3.92. The van der Waals surface area contributed by atoms with Crippen LogP contribution in [-0.2, 0) is 9.53 Å². The Morgan fingerprint density at radius 1 is 1.26 bits per heavy atom. The number of nitrogens with zero attached hydrogens (tertiary/aromatic N) is 2. The van der Waals surface area contributed by atoms with Crippen LogP contribution in [-0.4, -0.2) is 74.6 Å². The summed E-state index contributed by atoms with van der Waals surface area (Å²) < 4.78 is 5.09. The van der Waals surface area contributed by atoms with Crippen LogP contribution in [0.5, 0.6) is 0 Å². The lowest BCUT2D eigenvalue weighted by atomic mass is 10.2. The zero-order valence-electron chi connectivity index (χ0n) is 13.4. The third kappa shape index (κ3) is 5.58. The standard InChI is InChI=1S/C15H24N4O3S/c1-22-10-9-19-7-5-18(6-8-19)4-2-13(20)17-15-12(14(16)21)3-11-23-15/h3,11H,2,4-10H2,1H3,(H2,16,21)(H,17,20). The van der Waals surface area contributed by atoms with Gasteiger partial charge in [0.1, 0.15) is 5.00 Å². The largest absolute Gasteiger partial charge is 0.383 e. The molecule has 23 heavy (non-hydrogen) atoms. The second-order valence-electron chi connectivity index (χ2n) is 5.50. The van der Waals surface area contributed by atoms with E-state index in [2.05, 4.69) is 15.1 Å². The Bertz CT molecular complexity index is 527. The van der Waals surface area contributed by atoms with E-state index in [4.69, 9.17) is 10.5 Å². The van der Waals surface area contributed by atoms with Gasteiger partial charge in [-0.15, -0.1) is 11.3 Å². The van der Waals surface area contributed by atoms with Gasteiger partial charge >= 0.3 is 0 Å². The van der Waals surface area contributed by atoms with Gasteiger partial charge in [-0.1, -0.05) is 0 Å². The van der Waals surface area contributed by atoms with Gasteiger partial charge in [0.25, 0.3) is 5.91 Å². The fourth-order valence-corrected chi connectivity index (χ4v) is 3.31. The molecule has 2 rings (SSSR count). The van der Waals surface area contributed by atoms with E-state index in [-0.39, 0.29) is 5.91 Å². The molecule has 2 heterocycles. The van der Waals surface area contributed by atoms with Crippen LogP contribution in [0.4, 0.5) is 5.00 Å². The second-order valence-corrected chi connectivity index (χ2v) is 6.42. The van der Waals surface area contributed by atoms with Gasteiger partial charge in [-0.05, 0) is 11.4 Å². The third-order valence-corrected chi connectivity index (χ3v) is 4.75. The first-order valence-electron chi connectivity index (χ1n) is 7.71.